The highest BCUT2D eigenvalue weighted by molar-refractivity contribution is 5.25. The van der Waals surface area contributed by atoms with Crippen molar-refractivity contribution in [3.05, 3.63) is 35.4 Å². The van der Waals surface area contributed by atoms with E-state index in [4.69, 9.17) is 0 Å². The van der Waals surface area contributed by atoms with Crippen LogP contribution in [0.5, 0.6) is 0 Å². The van der Waals surface area contributed by atoms with Crippen LogP contribution in [0, 0.1) is 6.92 Å². The smallest absolute Gasteiger partial charge is 0.00912 e. The summed E-state index contributed by atoms with van der Waals surface area (Å²) in [5, 5.41) is 3.56. The molecule has 1 N–H and O–H groups in total. The number of hydrogen-bond acceptors (Lipinski definition) is 2. The van der Waals surface area contributed by atoms with Crippen LogP contribution in [0.4, 0.5) is 0 Å². The molecule has 1 aromatic carbocycles. The summed E-state index contributed by atoms with van der Waals surface area (Å²) in [4.78, 5) is 2.61. The molecule has 2 heteroatoms. The summed E-state index contributed by atoms with van der Waals surface area (Å²) in [7, 11) is 0. The molecule has 1 aromatic rings. The lowest BCUT2D eigenvalue weighted by Crippen LogP contribution is -2.43. The molecule has 100 valence electrons. The molecule has 0 amide bonds. The highest BCUT2D eigenvalue weighted by Crippen LogP contribution is 2.13. The summed E-state index contributed by atoms with van der Waals surface area (Å²) in [5.74, 6) is 0. The minimum atomic E-state index is 0.754. The number of likely N-dealkylation sites (tertiary alicyclic amines) is 1. The number of benzene rings is 1. The Labute approximate surface area is 111 Å². The van der Waals surface area contributed by atoms with Crippen molar-refractivity contribution in [1.29, 1.82) is 0 Å². The van der Waals surface area contributed by atoms with Gasteiger partial charge in [0.2, 0.25) is 0 Å². The van der Waals surface area contributed by atoms with Crippen molar-refractivity contribution in [2.75, 3.05) is 26.2 Å². The second-order valence-corrected chi connectivity index (χ2v) is 5.35. The SMILES string of the molecule is CCNC1CCN(CCc2ccccc2C)CC1. The predicted octanol–water partition coefficient (Wildman–Crippen LogP) is 2.61. The van der Waals surface area contributed by atoms with Gasteiger partial charge in [0.15, 0.2) is 0 Å². The Kier molecular flexibility index (Phi) is 5.21. The highest BCUT2D eigenvalue weighted by Gasteiger charge is 2.17. The van der Waals surface area contributed by atoms with Crippen LogP contribution >= 0.6 is 0 Å². The highest BCUT2D eigenvalue weighted by atomic mass is 15.1. The predicted molar refractivity (Wildman–Crippen MR) is 78.0 cm³/mol. The fourth-order valence-electron chi connectivity index (χ4n) is 2.82. The van der Waals surface area contributed by atoms with E-state index in [1.54, 1.807) is 0 Å². The first kappa shape index (κ1) is 13.6. The van der Waals surface area contributed by atoms with E-state index in [1.807, 2.05) is 0 Å². The first-order valence-corrected chi connectivity index (χ1v) is 7.30. The van der Waals surface area contributed by atoms with Gasteiger partial charge in [-0.2, -0.15) is 0 Å². The molecule has 1 aliphatic heterocycles. The molecular formula is C16H26N2. The quantitative estimate of drug-likeness (QED) is 0.859. The summed E-state index contributed by atoms with van der Waals surface area (Å²) in [6.07, 6.45) is 3.81. The van der Waals surface area contributed by atoms with Crippen molar-refractivity contribution < 1.29 is 0 Å². The van der Waals surface area contributed by atoms with Gasteiger partial charge in [-0.1, -0.05) is 31.2 Å². The monoisotopic (exact) mass is 246 g/mol. The molecule has 1 aliphatic rings. The maximum Gasteiger partial charge on any atom is 0.00912 e. The van der Waals surface area contributed by atoms with Crippen molar-refractivity contribution in [2.24, 2.45) is 0 Å². The van der Waals surface area contributed by atoms with Gasteiger partial charge < -0.3 is 10.2 Å². The molecular weight excluding hydrogens is 220 g/mol. The van der Waals surface area contributed by atoms with Gasteiger partial charge in [0.25, 0.3) is 0 Å². The molecule has 18 heavy (non-hydrogen) atoms. The van der Waals surface area contributed by atoms with Crippen LogP contribution in [0.1, 0.15) is 30.9 Å². The van der Waals surface area contributed by atoms with Gasteiger partial charge in [0, 0.05) is 12.6 Å². The zero-order valence-electron chi connectivity index (χ0n) is 11.8. The summed E-state index contributed by atoms with van der Waals surface area (Å²) >= 11 is 0. The molecule has 0 aliphatic carbocycles. The molecule has 0 bridgehead atoms. The summed E-state index contributed by atoms with van der Waals surface area (Å²) < 4.78 is 0. The van der Waals surface area contributed by atoms with E-state index < -0.39 is 0 Å². The number of piperidine rings is 1. The van der Waals surface area contributed by atoms with Crippen LogP contribution in [-0.4, -0.2) is 37.1 Å². The zero-order chi connectivity index (χ0) is 12.8. The van der Waals surface area contributed by atoms with Crippen LogP contribution in [0.2, 0.25) is 0 Å². The van der Waals surface area contributed by atoms with Crippen LogP contribution in [-0.2, 0) is 6.42 Å². The molecule has 0 spiro atoms. The van der Waals surface area contributed by atoms with Gasteiger partial charge in [-0.05, 0) is 56.9 Å². The van der Waals surface area contributed by atoms with Crippen molar-refractivity contribution in [3.8, 4) is 0 Å². The topological polar surface area (TPSA) is 15.3 Å². The third-order valence-corrected chi connectivity index (χ3v) is 4.04. The van der Waals surface area contributed by atoms with Crippen LogP contribution in [0.15, 0.2) is 24.3 Å². The minimum absolute atomic E-state index is 0.754. The zero-order valence-corrected chi connectivity index (χ0v) is 11.8. The molecule has 2 rings (SSSR count). The molecule has 0 atom stereocenters. The van der Waals surface area contributed by atoms with E-state index in [-0.39, 0.29) is 0 Å². The normalized spacial score (nSPS) is 18.1. The maximum absolute atomic E-state index is 3.56. The fraction of sp³-hybridized carbons (Fsp3) is 0.625. The largest absolute Gasteiger partial charge is 0.314 e. The van der Waals surface area contributed by atoms with Gasteiger partial charge in [-0.25, -0.2) is 0 Å². The Morgan fingerprint density at radius 1 is 1.22 bits per heavy atom. The van der Waals surface area contributed by atoms with Crippen molar-refractivity contribution in [2.45, 2.75) is 39.2 Å². The second-order valence-electron chi connectivity index (χ2n) is 5.35. The van der Waals surface area contributed by atoms with Crippen molar-refractivity contribution in [1.82, 2.24) is 10.2 Å². The summed E-state index contributed by atoms with van der Waals surface area (Å²) in [6.45, 7) is 9.24. The number of nitrogens with one attached hydrogen (secondary N) is 1. The van der Waals surface area contributed by atoms with Gasteiger partial charge >= 0.3 is 0 Å². The molecule has 1 fully saturated rings. The first-order chi connectivity index (χ1) is 8.79. The second kappa shape index (κ2) is 6.91. The third-order valence-electron chi connectivity index (χ3n) is 4.04. The Bertz CT molecular complexity index is 354. The molecule has 2 nitrogen and oxygen atoms in total. The van der Waals surface area contributed by atoms with E-state index in [0.717, 1.165) is 12.6 Å². The Balaban J connectivity index is 1.74. The van der Waals surface area contributed by atoms with Gasteiger partial charge in [0.1, 0.15) is 0 Å². The molecule has 0 unspecified atom stereocenters. The molecule has 0 radical (unpaired) electrons. The van der Waals surface area contributed by atoms with E-state index in [1.165, 1.54) is 50.0 Å². The van der Waals surface area contributed by atoms with E-state index >= 15 is 0 Å². The number of nitrogens with zero attached hydrogens (tertiary/aromatic N) is 1. The van der Waals surface area contributed by atoms with Crippen LogP contribution in [0.25, 0.3) is 0 Å². The lowest BCUT2D eigenvalue weighted by atomic mass is 10.0. The Morgan fingerprint density at radius 2 is 1.94 bits per heavy atom. The number of aryl methyl sites for hydroxylation is 1. The molecule has 1 heterocycles. The van der Waals surface area contributed by atoms with Crippen LogP contribution in [0.3, 0.4) is 0 Å². The maximum atomic E-state index is 3.56. The van der Waals surface area contributed by atoms with Gasteiger partial charge in [-0.3, -0.25) is 0 Å². The number of hydrogen-bond donors (Lipinski definition) is 1. The van der Waals surface area contributed by atoms with Crippen molar-refractivity contribution >= 4 is 0 Å². The standard InChI is InChI=1S/C16H26N2/c1-3-17-16-9-12-18(13-10-16)11-8-15-7-5-4-6-14(15)2/h4-7,16-17H,3,8-13H2,1-2H3. The van der Waals surface area contributed by atoms with E-state index in [0.29, 0.717) is 0 Å². The lowest BCUT2D eigenvalue weighted by Gasteiger charge is -2.32. The van der Waals surface area contributed by atoms with Gasteiger partial charge in [0.05, 0.1) is 0 Å². The number of rotatable bonds is 5. The van der Waals surface area contributed by atoms with E-state index in [9.17, 15) is 0 Å². The molecule has 1 saturated heterocycles. The van der Waals surface area contributed by atoms with E-state index in [2.05, 4.69) is 48.3 Å². The third kappa shape index (κ3) is 3.82. The van der Waals surface area contributed by atoms with Crippen LogP contribution < -0.4 is 5.32 Å². The Morgan fingerprint density at radius 3 is 2.61 bits per heavy atom. The first-order valence-electron chi connectivity index (χ1n) is 7.30. The average Bonchev–Trinajstić information content (AvgIpc) is 2.40. The molecule has 0 aromatic heterocycles. The summed E-state index contributed by atoms with van der Waals surface area (Å²) in [6, 6.07) is 9.51. The molecule has 0 saturated carbocycles. The Hall–Kier alpha value is -0.860. The fourth-order valence-corrected chi connectivity index (χ4v) is 2.82. The lowest BCUT2D eigenvalue weighted by molar-refractivity contribution is 0.201. The average molecular weight is 246 g/mol. The van der Waals surface area contributed by atoms with Gasteiger partial charge in [-0.15, -0.1) is 0 Å². The van der Waals surface area contributed by atoms with Crippen molar-refractivity contribution in [3.63, 3.8) is 0 Å². The minimum Gasteiger partial charge on any atom is -0.314 e. The summed E-state index contributed by atoms with van der Waals surface area (Å²) in [5.41, 5.74) is 2.94.